The molecule has 3 N–H and O–H groups in total. The van der Waals surface area contributed by atoms with Crippen LogP contribution >= 0.6 is 11.6 Å². The molecule has 1 saturated carbocycles. The number of ether oxygens (including phenoxy) is 1. The summed E-state index contributed by atoms with van der Waals surface area (Å²) in [5.41, 5.74) is 6.46. The van der Waals surface area contributed by atoms with Gasteiger partial charge in [0.2, 0.25) is 5.95 Å². The maximum Gasteiger partial charge on any atom is 0.238 e. The zero-order valence-corrected chi connectivity index (χ0v) is 14.8. The normalized spacial score (nSPS) is 22.3. The van der Waals surface area contributed by atoms with Crippen molar-refractivity contribution in [2.45, 2.75) is 51.0 Å². The first-order valence-electron chi connectivity index (χ1n) is 8.37. The van der Waals surface area contributed by atoms with E-state index in [9.17, 15) is 0 Å². The molecule has 0 amide bonds. The average Bonchev–Trinajstić information content (AvgIpc) is 3.30. The van der Waals surface area contributed by atoms with Gasteiger partial charge in [0, 0.05) is 12.0 Å². The Morgan fingerprint density at radius 2 is 2.21 bits per heavy atom. The maximum atomic E-state index is 8.78. The van der Waals surface area contributed by atoms with Crippen molar-refractivity contribution in [3.8, 4) is 0 Å². The van der Waals surface area contributed by atoms with E-state index in [0.717, 1.165) is 43.6 Å². The first-order chi connectivity index (χ1) is 11.4. The molecular weight excluding hydrogens is 330 g/mol. The molecule has 3 heterocycles. The van der Waals surface area contributed by atoms with Crippen LogP contribution in [0.25, 0.3) is 5.52 Å². The highest BCUT2D eigenvalue weighted by atomic mass is 35.5. The zero-order valence-electron chi connectivity index (χ0n) is 14.1. The summed E-state index contributed by atoms with van der Waals surface area (Å²) in [6, 6.07) is 0. The summed E-state index contributed by atoms with van der Waals surface area (Å²) in [4.78, 5) is 8.41. The van der Waals surface area contributed by atoms with Gasteiger partial charge in [-0.1, -0.05) is 25.4 Å². The number of aliphatic hydroxyl groups is 1. The molecule has 132 valence electrons. The van der Waals surface area contributed by atoms with Crippen molar-refractivity contribution in [2.24, 2.45) is 5.92 Å². The molecule has 0 radical (unpaired) electrons. The van der Waals surface area contributed by atoms with Gasteiger partial charge in [0.25, 0.3) is 0 Å². The summed E-state index contributed by atoms with van der Waals surface area (Å²) in [7, 11) is 0. The van der Waals surface area contributed by atoms with Gasteiger partial charge in [-0.3, -0.25) is 0 Å². The fraction of sp³-hybridized carbons (Fsp3) is 0.688. The predicted molar refractivity (Wildman–Crippen MR) is 92.0 cm³/mol. The number of aromatic nitrogens is 4. The summed E-state index contributed by atoms with van der Waals surface area (Å²) in [6.45, 7) is 5.77. The predicted octanol–water partition coefficient (Wildman–Crippen LogP) is 2.21. The second kappa shape index (κ2) is 6.82. The van der Waals surface area contributed by atoms with Gasteiger partial charge in [-0.2, -0.15) is 0 Å². The van der Waals surface area contributed by atoms with Crippen molar-refractivity contribution in [3.63, 3.8) is 0 Å². The summed E-state index contributed by atoms with van der Waals surface area (Å²) in [5.74, 6) is 1.68. The van der Waals surface area contributed by atoms with Gasteiger partial charge in [0.15, 0.2) is 5.15 Å². The van der Waals surface area contributed by atoms with Crippen LogP contribution in [0.2, 0.25) is 5.15 Å². The summed E-state index contributed by atoms with van der Waals surface area (Å²) in [6.07, 6.45) is 5.63. The van der Waals surface area contributed by atoms with Gasteiger partial charge in [-0.25, -0.2) is 14.5 Å². The van der Waals surface area contributed by atoms with E-state index in [-0.39, 0.29) is 17.5 Å². The quantitative estimate of drug-likeness (QED) is 0.858. The third kappa shape index (κ3) is 3.34. The Balaban J connectivity index is 0.000000203. The number of imidazole rings is 1. The number of anilines is 1. The number of nitrogens with zero attached hydrogens (tertiary/aromatic N) is 4. The number of nitrogen functional groups attached to an aromatic ring is 1. The van der Waals surface area contributed by atoms with E-state index in [2.05, 4.69) is 28.9 Å². The zero-order chi connectivity index (χ0) is 17.3. The number of nitrogens with two attached hydrogens (primary N) is 1. The van der Waals surface area contributed by atoms with Crippen molar-refractivity contribution in [1.82, 2.24) is 19.6 Å². The minimum Gasteiger partial charge on any atom is -0.391 e. The minimum absolute atomic E-state index is 0.108. The monoisotopic (exact) mass is 353 g/mol. The first kappa shape index (κ1) is 17.4. The van der Waals surface area contributed by atoms with E-state index < -0.39 is 0 Å². The molecule has 1 aliphatic carbocycles. The van der Waals surface area contributed by atoms with Gasteiger partial charge >= 0.3 is 0 Å². The molecule has 0 spiro atoms. The lowest BCUT2D eigenvalue weighted by Crippen LogP contribution is -2.21. The smallest absolute Gasteiger partial charge is 0.238 e. The lowest BCUT2D eigenvalue weighted by atomic mass is 9.92. The largest absolute Gasteiger partial charge is 0.391 e. The van der Waals surface area contributed by atoms with E-state index in [1.807, 2.05) is 0 Å². The van der Waals surface area contributed by atoms with E-state index in [0.29, 0.717) is 17.7 Å². The molecule has 2 fully saturated rings. The third-order valence-corrected chi connectivity index (χ3v) is 5.12. The van der Waals surface area contributed by atoms with Crippen LogP contribution in [0.5, 0.6) is 0 Å². The van der Waals surface area contributed by atoms with Gasteiger partial charge < -0.3 is 15.6 Å². The number of rotatable bonds is 2. The van der Waals surface area contributed by atoms with Crippen molar-refractivity contribution >= 4 is 23.1 Å². The van der Waals surface area contributed by atoms with E-state index in [4.69, 9.17) is 27.2 Å². The third-order valence-electron chi connectivity index (χ3n) is 4.84. The lowest BCUT2D eigenvalue weighted by Gasteiger charge is -2.17. The van der Waals surface area contributed by atoms with Gasteiger partial charge in [-0.15, -0.1) is 5.10 Å². The molecule has 0 bridgehead atoms. The second-order valence-electron chi connectivity index (χ2n) is 6.82. The Hall–Kier alpha value is -1.44. The van der Waals surface area contributed by atoms with Crippen molar-refractivity contribution in [1.29, 1.82) is 0 Å². The minimum atomic E-state index is -0.186. The van der Waals surface area contributed by atoms with Crippen LogP contribution in [-0.4, -0.2) is 44.0 Å². The molecule has 4 rings (SSSR count). The fourth-order valence-electron chi connectivity index (χ4n) is 3.10. The van der Waals surface area contributed by atoms with Crippen LogP contribution in [0.15, 0.2) is 6.20 Å². The number of hydrogen-bond acceptors (Lipinski definition) is 6. The average molecular weight is 354 g/mol. The fourth-order valence-corrected chi connectivity index (χ4v) is 3.31. The summed E-state index contributed by atoms with van der Waals surface area (Å²) in [5, 5.41) is 13.5. The molecule has 2 aliphatic rings. The Kier molecular flexibility index (Phi) is 4.94. The summed E-state index contributed by atoms with van der Waals surface area (Å²) >= 11 is 6.12. The highest BCUT2D eigenvalue weighted by molar-refractivity contribution is 6.32. The van der Waals surface area contributed by atoms with Gasteiger partial charge in [0.1, 0.15) is 11.3 Å². The molecule has 2 aromatic rings. The molecule has 24 heavy (non-hydrogen) atoms. The van der Waals surface area contributed by atoms with Crippen LogP contribution in [0, 0.1) is 5.92 Å². The van der Waals surface area contributed by atoms with Gasteiger partial charge in [-0.05, 0) is 31.6 Å². The number of fused-ring (bicyclic) bond motifs is 1. The standard InChI is InChI=1S/C11H14ClN5.C5H10O2/c1-6(2)11(3-4-11)9-15-8(12)7-5-14-10(13)16-17(7)9;6-5-2-1-3-7-4-5/h5-6H,3-4H2,1-2H3,(H2,13,16);5-6H,1-4H2. The highest BCUT2D eigenvalue weighted by Crippen LogP contribution is 2.53. The molecule has 0 aromatic carbocycles. The SMILES string of the molecule is CC(C)C1(c2nc(Cl)c3cnc(N)nn23)CC1.OC1CCCOC1. The van der Waals surface area contributed by atoms with E-state index in [1.54, 1.807) is 10.7 Å². The van der Waals surface area contributed by atoms with Crippen molar-refractivity contribution in [3.05, 3.63) is 17.2 Å². The molecule has 1 unspecified atom stereocenters. The molecule has 1 saturated heterocycles. The molecular formula is C16H24ClN5O2. The number of halogens is 1. The van der Waals surface area contributed by atoms with Crippen LogP contribution in [0.1, 0.15) is 45.4 Å². The lowest BCUT2D eigenvalue weighted by molar-refractivity contribution is -0.00535. The van der Waals surface area contributed by atoms with E-state index in [1.165, 1.54) is 0 Å². The Labute approximate surface area is 146 Å². The first-order valence-corrected chi connectivity index (χ1v) is 8.75. The van der Waals surface area contributed by atoms with Crippen LogP contribution < -0.4 is 5.73 Å². The topological polar surface area (TPSA) is 98.6 Å². The molecule has 2 aromatic heterocycles. The Bertz CT molecular complexity index is 708. The van der Waals surface area contributed by atoms with Crippen LogP contribution in [0.4, 0.5) is 5.95 Å². The molecule has 1 atom stereocenters. The van der Waals surface area contributed by atoms with Crippen molar-refractivity contribution < 1.29 is 9.84 Å². The van der Waals surface area contributed by atoms with Crippen molar-refractivity contribution in [2.75, 3.05) is 18.9 Å². The second-order valence-corrected chi connectivity index (χ2v) is 7.18. The summed E-state index contributed by atoms with van der Waals surface area (Å²) < 4.78 is 6.68. The maximum absolute atomic E-state index is 8.78. The van der Waals surface area contributed by atoms with Gasteiger partial charge in [0.05, 0.1) is 18.9 Å². The molecule has 1 aliphatic heterocycles. The van der Waals surface area contributed by atoms with Crippen LogP contribution in [0.3, 0.4) is 0 Å². The molecule has 7 nitrogen and oxygen atoms in total. The number of hydrogen-bond donors (Lipinski definition) is 2. The Morgan fingerprint density at radius 1 is 1.46 bits per heavy atom. The van der Waals surface area contributed by atoms with Crippen LogP contribution in [-0.2, 0) is 10.2 Å². The Morgan fingerprint density at radius 3 is 2.71 bits per heavy atom. The molecule has 8 heteroatoms. The van der Waals surface area contributed by atoms with E-state index >= 15 is 0 Å². The highest BCUT2D eigenvalue weighted by Gasteiger charge is 2.50. The number of aliphatic hydroxyl groups excluding tert-OH is 1.